The summed E-state index contributed by atoms with van der Waals surface area (Å²) in [4.78, 5) is 12.0. The quantitative estimate of drug-likeness (QED) is 0.796. The van der Waals surface area contributed by atoms with Gasteiger partial charge in [-0.15, -0.1) is 12.4 Å². The fourth-order valence-corrected chi connectivity index (χ4v) is 3.14. The van der Waals surface area contributed by atoms with Crippen LogP contribution in [0.4, 0.5) is 0 Å². The van der Waals surface area contributed by atoms with Gasteiger partial charge in [-0.3, -0.25) is 9.48 Å². The molecule has 1 aromatic carbocycles. The number of aromatic nitrogens is 2. The molecule has 1 saturated heterocycles. The van der Waals surface area contributed by atoms with Crippen LogP contribution in [0.3, 0.4) is 0 Å². The number of carbonyl (C=O) groups is 1. The van der Waals surface area contributed by atoms with Crippen LogP contribution in [0, 0.1) is 5.92 Å². The summed E-state index contributed by atoms with van der Waals surface area (Å²) in [6.45, 7) is 3.57. The number of hydrogen-bond acceptors (Lipinski definition) is 3. The summed E-state index contributed by atoms with van der Waals surface area (Å²) >= 11 is 0. The van der Waals surface area contributed by atoms with E-state index in [0.29, 0.717) is 18.9 Å². The van der Waals surface area contributed by atoms with Gasteiger partial charge in [-0.1, -0.05) is 24.3 Å². The third kappa shape index (κ3) is 6.52. The second-order valence-corrected chi connectivity index (χ2v) is 6.53. The number of nitrogens with zero attached hydrogens (tertiary/aromatic N) is 2. The number of benzene rings is 1. The van der Waals surface area contributed by atoms with Gasteiger partial charge < -0.3 is 10.6 Å². The zero-order valence-electron chi connectivity index (χ0n) is 14.5. The van der Waals surface area contributed by atoms with Gasteiger partial charge in [0.2, 0.25) is 5.91 Å². The third-order valence-electron chi connectivity index (χ3n) is 4.65. The van der Waals surface area contributed by atoms with Crippen LogP contribution in [0.1, 0.15) is 36.8 Å². The molecule has 0 bridgehead atoms. The van der Waals surface area contributed by atoms with Gasteiger partial charge in [0.15, 0.2) is 0 Å². The molecule has 5 nitrogen and oxygen atoms in total. The SMILES string of the molecule is Cl.O=C(CCC1CCNCC1)NCc1ccc(Cn2cccn2)cc1. The molecule has 0 aliphatic carbocycles. The van der Waals surface area contributed by atoms with Crippen molar-refractivity contribution in [3.63, 3.8) is 0 Å². The normalized spacial score (nSPS) is 14.7. The molecule has 1 amide bonds. The predicted molar refractivity (Wildman–Crippen MR) is 102 cm³/mol. The summed E-state index contributed by atoms with van der Waals surface area (Å²) in [5.41, 5.74) is 2.34. The van der Waals surface area contributed by atoms with Gasteiger partial charge >= 0.3 is 0 Å². The summed E-state index contributed by atoms with van der Waals surface area (Å²) < 4.78 is 1.90. The Balaban J connectivity index is 0.00000225. The highest BCUT2D eigenvalue weighted by molar-refractivity contribution is 5.85. The Kier molecular flexibility index (Phi) is 7.95. The van der Waals surface area contributed by atoms with E-state index in [1.165, 1.54) is 18.4 Å². The van der Waals surface area contributed by atoms with Crippen molar-refractivity contribution in [2.24, 2.45) is 5.92 Å². The average molecular weight is 363 g/mol. The number of piperidine rings is 1. The van der Waals surface area contributed by atoms with Gasteiger partial charge in [0.25, 0.3) is 0 Å². The van der Waals surface area contributed by atoms with Gasteiger partial charge in [0.1, 0.15) is 0 Å². The highest BCUT2D eigenvalue weighted by atomic mass is 35.5. The Morgan fingerprint density at radius 1 is 1.20 bits per heavy atom. The number of amides is 1. The molecule has 1 aliphatic heterocycles. The molecule has 1 aromatic heterocycles. The van der Waals surface area contributed by atoms with Crippen molar-refractivity contribution in [1.29, 1.82) is 0 Å². The fourth-order valence-electron chi connectivity index (χ4n) is 3.14. The highest BCUT2D eigenvalue weighted by Crippen LogP contribution is 2.17. The van der Waals surface area contributed by atoms with Crippen LogP contribution in [0.15, 0.2) is 42.7 Å². The minimum absolute atomic E-state index is 0. The lowest BCUT2D eigenvalue weighted by Gasteiger charge is -2.22. The van der Waals surface area contributed by atoms with E-state index in [4.69, 9.17) is 0 Å². The van der Waals surface area contributed by atoms with Crippen molar-refractivity contribution in [2.75, 3.05) is 13.1 Å². The van der Waals surface area contributed by atoms with E-state index < -0.39 is 0 Å². The molecular formula is C19H27ClN4O. The lowest BCUT2D eigenvalue weighted by molar-refractivity contribution is -0.121. The van der Waals surface area contributed by atoms with Crippen molar-refractivity contribution in [3.05, 3.63) is 53.9 Å². The minimum Gasteiger partial charge on any atom is -0.352 e. The highest BCUT2D eigenvalue weighted by Gasteiger charge is 2.14. The maximum absolute atomic E-state index is 12.0. The van der Waals surface area contributed by atoms with E-state index in [9.17, 15) is 4.79 Å². The molecule has 0 spiro atoms. The summed E-state index contributed by atoms with van der Waals surface area (Å²) in [6.07, 6.45) is 7.79. The molecule has 0 saturated carbocycles. The number of carbonyl (C=O) groups excluding carboxylic acids is 1. The van der Waals surface area contributed by atoms with Gasteiger partial charge in [0.05, 0.1) is 6.54 Å². The van der Waals surface area contributed by atoms with Crippen molar-refractivity contribution in [2.45, 2.75) is 38.8 Å². The number of rotatable bonds is 7. The Morgan fingerprint density at radius 3 is 2.60 bits per heavy atom. The van der Waals surface area contributed by atoms with Crippen molar-refractivity contribution in [1.82, 2.24) is 20.4 Å². The molecule has 0 atom stereocenters. The number of nitrogens with one attached hydrogen (secondary N) is 2. The molecular weight excluding hydrogens is 336 g/mol. The van der Waals surface area contributed by atoms with E-state index >= 15 is 0 Å². The van der Waals surface area contributed by atoms with Crippen molar-refractivity contribution < 1.29 is 4.79 Å². The van der Waals surface area contributed by atoms with Crippen molar-refractivity contribution in [3.8, 4) is 0 Å². The van der Waals surface area contributed by atoms with Crippen LogP contribution in [0.5, 0.6) is 0 Å². The predicted octanol–water partition coefficient (Wildman–Crippen LogP) is 2.75. The van der Waals surface area contributed by atoms with Crippen LogP contribution in [0.2, 0.25) is 0 Å². The monoisotopic (exact) mass is 362 g/mol. The molecule has 6 heteroatoms. The summed E-state index contributed by atoms with van der Waals surface area (Å²) in [5.74, 6) is 0.868. The maximum Gasteiger partial charge on any atom is 0.220 e. The molecule has 2 heterocycles. The first kappa shape index (κ1) is 19.5. The molecule has 136 valence electrons. The van der Waals surface area contributed by atoms with Crippen LogP contribution >= 0.6 is 12.4 Å². The van der Waals surface area contributed by atoms with E-state index in [0.717, 1.165) is 31.6 Å². The van der Waals surface area contributed by atoms with Gasteiger partial charge in [0, 0.05) is 25.4 Å². The van der Waals surface area contributed by atoms with Crippen molar-refractivity contribution >= 4 is 18.3 Å². The fraction of sp³-hybridized carbons (Fsp3) is 0.474. The first-order valence-electron chi connectivity index (χ1n) is 8.82. The van der Waals surface area contributed by atoms with Crippen LogP contribution in [-0.2, 0) is 17.9 Å². The van der Waals surface area contributed by atoms with Crippen LogP contribution in [0.25, 0.3) is 0 Å². The van der Waals surface area contributed by atoms with E-state index in [-0.39, 0.29) is 18.3 Å². The zero-order valence-corrected chi connectivity index (χ0v) is 15.3. The first-order valence-corrected chi connectivity index (χ1v) is 8.82. The smallest absolute Gasteiger partial charge is 0.220 e. The van der Waals surface area contributed by atoms with Gasteiger partial charge in [-0.25, -0.2) is 0 Å². The molecule has 3 rings (SSSR count). The second-order valence-electron chi connectivity index (χ2n) is 6.53. The minimum atomic E-state index is 0. The summed E-state index contributed by atoms with van der Waals surface area (Å²) in [6, 6.07) is 10.3. The Morgan fingerprint density at radius 2 is 1.92 bits per heavy atom. The van der Waals surface area contributed by atoms with Gasteiger partial charge in [-0.2, -0.15) is 5.10 Å². The zero-order chi connectivity index (χ0) is 16.6. The van der Waals surface area contributed by atoms with E-state index in [1.54, 1.807) is 6.20 Å². The lowest BCUT2D eigenvalue weighted by atomic mass is 9.93. The molecule has 0 radical (unpaired) electrons. The molecule has 25 heavy (non-hydrogen) atoms. The molecule has 2 aromatic rings. The average Bonchev–Trinajstić information content (AvgIpc) is 3.13. The molecule has 1 aliphatic rings. The number of hydrogen-bond donors (Lipinski definition) is 2. The maximum atomic E-state index is 12.0. The molecule has 0 unspecified atom stereocenters. The Bertz CT molecular complexity index is 621. The standard InChI is InChI=1S/C19H26N4O.ClH/c24-19(7-6-16-8-11-20-12-9-16)21-14-17-2-4-18(5-3-17)15-23-13-1-10-22-23;/h1-5,10,13,16,20H,6-9,11-12,14-15H2,(H,21,24);1H. The number of halogens is 1. The third-order valence-corrected chi connectivity index (χ3v) is 4.65. The van der Waals surface area contributed by atoms with E-state index in [2.05, 4.69) is 40.0 Å². The topological polar surface area (TPSA) is 59.0 Å². The van der Waals surface area contributed by atoms with Crippen LogP contribution in [-0.4, -0.2) is 28.8 Å². The molecule has 2 N–H and O–H groups in total. The Labute approximate surface area is 155 Å². The largest absolute Gasteiger partial charge is 0.352 e. The molecule has 1 fully saturated rings. The second kappa shape index (κ2) is 10.2. The lowest BCUT2D eigenvalue weighted by Crippen LogP contribution is -2.29. The first-order chi connectivity index (χ1) is 11.8. The van der Waals surface area contributed by atoms with E-state index in [1.807, 2.05) is 16.9 Å². The summed E-state index contributed by atoms with van der Waals surface area (Å²) in [5, 5.41) is 10.6. The Hall–Kier alpha value is -1.85. The van der Waals surface area contributed by atoms with Crippen LogP contribution < -0.4 is 10.6 Å². The van der Waals surface area contributed by atoms with Gasteiger partial charge in [-0.05, 0) is 55.5 Å². The summed E-state index contributed by atoms with van der Waals surface area (Å²) in [7, 11) is 0.